The van der Waals surface area contributed by atoms with Gasteiger partial charge in [0, 0.05) is 24.2 Å². The van der Waals surface area contributed by atoms with E-state index >= 15 is 0 Å². The Balaban J connectivity index is 1.64. The summed E-state index contributed by atoms with van der Waals surface area (Å²) in [5.41, 5.74) is 2.65. The van der Waals surface area contributed by atoms with Gasteiger partial charge in [-0.1, -0.05) is 36.4 Å². The lowest BCUT2D eigenvalue weighted by Gasteiger charge is -2.15. The van der Waals surface area contributed by atoms with Gasteiger partial charge in [-0.05, 0) is 36.8 Å². The molecule has 0 amide bonds. The minimum absolute atomic E-state index is 0.228. The van der Waals surface area contributed by atoms with Gasteiger partial charge in [-0.3, -0.25) is 0 Å². The average molecular weight is 346 g/mol. The van der Waals surface area contributed by atoms with Crippen LogP contribution in [-0.2, 0) is 6.54 Å². The highest BCUT2D eigenvalue weighted by molar-refractivity contribution is 7.80. The molecule has 2 aromatic rings. The molecule has 0 aliphatic heterocycles. The van der Waals surface area contributed by atoms with Crippen LogP contribution in [0.25, 0.3) is 0 Å². The number of rotatable bonds is 7. The van der Waals surface area contributed by atoms with Gasteiger partial charge in [-0.2, -0.15) is 0 Å². The fourth-order valence-electron chi connectivity index (χ4n) is 2.47. The van der Waals surface area contributed by atoms with E-state index in [4.69, 9.17) is 12.2 Å². The van der Waals surface area contributed by atoms with Crippen molar-refractivity contribution in [1.82, 2.24) is 5.32 Å². The third-order valence-corrected chi connectivity index (χ3v) is 4.09. The number of hydrogen-bond acceptors (Lipinski definition) is 1. The summed E-state index contributed by atoms with van der Waals surface area (Å²) >= 11 is 5.24. The van der Waals surface area contributed by atoms with E-state index < -0.39 is 0 Å². The number of thiocarbonyl (C=S) groups is 1. The largest absolute Gasteiger partial charge is 0.362 e. The summed E-state index contributed by atoms with van der Waals surface area (Å²) in [6.45, 7) is 4.62. The third kappa shape index (κ3) is 6.26. The minimum atomic E-state index is -0.228. The van der Waals surface area contributed by atoms with Crippen molar-refractivity contribution >= 4 is 23.0 Å². The van der Waals surface area contributed by atoms with Crippen LogP contribution in [-0.4, -0.2) is 25.2 Å². The molecule has 1 unspecified atom stereocenters. The number of benzene rings is 2. The van der Waals surface area contributed by atoms with Gasteiger partial charge in [-0.15, -0.1) is 0 Å². The molecule has 3 nitrogen and oxygen atoms in total. The lowest BCUT2D eigenvalue weighted by atomic mass is 10.2. The first-order valence-corrected chi connectivity index (χ1v) is 8.61. The fraction of sp³-hybridized carbons (Fsp3) is 0.316. The van der Waals surface area contributed by atoms with E-state index in [1.807, 2.05) is 12.1 Å². The van der Waals surface area contributed by atoms with E-state index in [0.717, 1.165) is 26.1 Å². The molecular weight excluding hydrogens is 321 g/mol. The Morgan fingerprint density at radius 2 is 1.92 bits per heavy atom. The zero-order valence-corrected chi connectivity index (χ0v) is 15.0. The first-order valence-electron chi connectivity index (χ1n) is 8.21. The second kappa shape index (κ2) is 9.35. The molecule has 0 radical (unpaired) electrons. The predicted octanol–water partition coefficient (Wildman–Crippen LogP) is 2.53. The van der Waals surface area contributed by atoms with Crippen molar-refractivity contribution in [2.75, 3.05) is 25.5 Å². The zero-order valence-electron chi connectivity index (χ0n) is 14.2. The van der Waals surface area contributed by atoms with E-state index in [9.17, 15) is 4.39 Å². The topological polar surface area (TPSA) is 28.5 Å². The molecule has 2 aromatic carbocycles. The smallest absolute Gasteiger partial charge is 0.170 e. The molecule has 0 heterocycles. The summed E-state index contributed by atoms with van der Waals surface area (Å²) < 4.78 is 13.5. The highest BCUT2D eigenvalue weighted by atomic mass is 32.1. The van der Waals surface area contributed by atoms with Crippen LogP contribution in [0.15, 0.2) is 48.5 Å². The van der Waals surface area contributed by atoms with E-state index in [1.165, 1.54) is 16.5 Å². The Morgan fingerprint density at radius 1 is 1.17 bits per heavy atom. The van der Waals surface area contributed by atoms with Crippen LogP contribution in [0.5, 0.6) is 0 Å². The molecule has 0 aliphatic rings. The second-order valence-corrected chi connectivity index (χ2v) is 6.48. The molecule has 3 N–H and O–H groups in total. The lowest BCUT2D eigenvalue weighted by Crippen LogP contribution is -3.07. The van der Waals surface area contributed by atoms with Crippen molar-refractivity contribution in [2.24, 2.45) is 0 Å². The van der Waals surface area contributed by atoms with E-state index in [2.05, 4.69) is 41.9 Å². The van der Waals surface area contributed by atoms with Gasteiger partial charge < -0.3 is 15.5 Å². The third-order valence-electron chi connectivity index (χ3n) is 3.84. The Labute approximate surface area is 148 Å². The van der Waals surface area contributed by atoms with Gasteiger partial charge in [0.05, 0.1) is 13.6 Å². The van der Waals surface area contributed by atoms with Crippen LogP contribution in [0.1, 0.15) is 17.5 Å². The molecular formula is C19H25FN3S+. The van der Waals surface area contributed by atoms with Gasteiger partial charge in [-0.25, -0.2) is 4.39 Å². The zero-order chi connectivity index (χ0) is 17.4. The highest BCUT2D eigenvalue weighted by Crippen LogP contribution is 2.13. The predicted molar refractivity (Wildman–Crippen MR) is 102 cm³/mol. The number of hydrogen-bond donors (Lipinski definition) is 3. The Morgan fingerprint density at radius 3 is 2.62 bits per heavy atom. The van der Waals surface area contributed by atoms with E-state index in [-0.39, 0.29) is 5.82 Å². The van der Waals surface area contributed by atoms with Crippen LogP contribution in [0.4, 0.5) is 10.1 Å². The maximum absolute atomic E-state index is 13.5. The maximum atomic E-state index is 13.5. The molecule has 0 aliphatic carbocycles. The average Bonchev–Trinajstić information content (AvgIpc) is 2.56. The summed E-state index contributed by atoms with van der Waals surface area (Å²) in [6.07, 6.45) is 1.02. The fourth-order valence-corrected chi connectivity index (χ4v) is 2.69. The van der Waals surface area contributed by atoms with Crippen LogP contribution in [0, 0.1) is 12.7 Å². The first kappa shape index (κ1) is 18.4. The standard InChI is InChI=1S/C19H24FN3S/c1-15-9-10-17(13-18(15)20)22-19(24)21-11-6-12-23(2)14-16-7-4-3-5-8-16/h3-5,7-10,13H,6,11-12,14H2,1-2H3,(H2,21,22,24)/p+1. The van der Waals surface area contributed by atoms with Crippen LogP contribution < -0.4 is 15.5 Å². The van der Waals surface area contributed by atoms with E-state index in [1.54, 1.807) is 13.0 Å². The van der Waals surface area contributed by atoms with Crippen LogP contribution in [0.3, 0.4) is 0 Å². The Hall–Kier alpha value is -1.98. The van der Waals surface area contributed by atoms with Crippen molar-refractivity contribution < 1.29 is 9.29 Å². The number of nitrogens with one attached hydrogen (secondary N) is 3. The molecule has 0 aromatic heterocycles. The summed E-state index contributed by atoms with van der Waals surface area (Å²) in [6, 6.07) is 15.5. The summed E-state index contributed by atoms with van der Waals surface area (Å²) in [4.78, 5) is 1.46. The van der Waals surface area contributed by atoms with Crippen molar-refractivity contribution in [3.63, 3.8) is 0 Å². The molecule has 2 rings (SSSR count). The normalized spacial score (nSPS) is 11.8. The van der Waals surface area contributed by atoms with Crippen LogP contribution >= 0.6 is 12.2 Å². The lowest BCUT2D eigenvalue weighted by molar-refractivity contribution is -0.893. The summed E-state index contributed by atoms with van der Waals surface area (Å²) in [5, 5.41) is 6.71. The first-order chi connectivity index (χ1) is 11.5. The summed E-state index contributed by atoms with van der Waals surface area (Å²) in [7, 11) is 2.19. The van der Waals surface area contributed by atoms with Crippen LogP contribution in [0.2, 0.25) is 0 Å². The SMILES string of the molecule is Cc1ccc(NC(=S)NCCC[NH+](C)Cc2ccccc2)cc1F. The molecule has 0 saturated carbocycles. The maximum Gasteiger partial charge on any atom is 0.170 e. The highest BCUT2D eigenvalue weighted by Gasteiger charge is 2.04. The van der Waals surface area contributed by atoms with Gasteiger partial charge in [0.15, 0.2) is 5.11 Å². The second-order valence-electron chi connectivity index (χ2n) is 6.07. The van der Waals surface area contributed by atoms with Gasteiger partial charge in [0.1, 0.15) is 12.4 Å². The molecule has 5 heteroatoms. The molecule has 0 spiro atoms. The van der Waals surface area contributed by atoms with Crippen molar-refractivity contribution in [1.29, 1.82) is 0 Å². The Kier molecular flexibility index (Phi) is 7.15. The number of quaternary nitrogens is 1. The monoisotopic (exact) mass is 346 g/mol. The Bertz CT molecular complexity index is 661. The van der Waals surface area contributed by atoms with E-state index in [0.29, 0.717) is 16.4 Å². The number of aryl methyl sites for hydroxylation is 1. The number of anilines is 1. The molecule has 24 heavy (non-hydrogen) atoms. The van der Waals surface area contributed by atoms with Crippen molar-refractivity contribution in [2.45, 2.75) is 19.9 Å². The van der Waals surface area contributed by atoms with Gasteiger partial charge in [0.25, 0.3) is 0 Å². The molecule has 0 fully saturated rings. The number of halogens is 1. The quantitative estimate of drug-likeness (QED) is 0.531. The molecule has 128 valence electrons. The molecule has 0 bridgehead atoms. The summed E-state index contributed by atoms with van der Waals surface area (Å²) in [5.74, 6) is -0.228. The van der Waals surface area contributed by atoms with Gasteiger partial charge in [0.2, 0.25) is 0 Å². The van der Waals surface area contributed by atoms with Crippen molar-refractivity contribution in [3.05, 3.63) is 65.5 Å². The minimum Gasteiger partial charge on any atom is -0.362 e. The molecule has 1 atom stereocenters. The van der Waals surface area contributed by atoms with Gasteiger partial charge >= 0.3 is 0 Å². The molecule has 0 saturated heterocycles. The van der Waals surface area contributed by atoms with Crippen molar-refractivity contribution in [3.8, 4) is 0 Å².